The zero-order valence-corrected chi connectivity index (χ0v) is 18.9. The lowest BCUT2D eigenvalue weighted by Crippen LogP contribution is -2.41. The smallest absolute Gasteiger partial charge is 0.254 e. The molecule has 0 saturated heterocycles. The fourth-order valence-electron chi connectivity index (χ4n) is 4.84. The van der Waals surface area contributed by atoms with E-state index in [0.717, 1.165) is 28.5 Å². The van der Waals surface area contributed by atoms with E-state index in [1.807, 2.05) is 36.1 Å². The van der Waals surface area contributed by atoms with Gasteiger partial charge >= 0.3 is 0 Å². The Morgan fingerprint density at radius 1 is 1.15 bits per heavy atom. The Bertz CT molecular complexity index is 1360. The summed E-state index contributed by atoms with van der Waals surface area (Å²) in [5, 5.41) is 20.7. The second-order valence-corrected chi connectivity index (χ2v) is 8.70. The molecule has 1 atom stereocenters. The van der Waals surface area contributed by atoms with Gasteiger partial charge in [0, 0.05) is 24.0 Å². The fourth-order valence-corrected chi connectivity index (χ4v) is 4.84. The number of fused-ring (bicyclic) bond motifs is 2. The number of aromatic hydroxyl groups is 1. The highest BCUT2D eigenvalue weighted by Gasteiger charge is 2.31. The van der Waals surface area contributed by atoms with E-state index in [2.05, 4.69) is 27.6 Å². The molecule has 0 fully saturated rings. The molecule has 0 spiro atoms. The number of aryl methyl sites for hydroxylation is 1. The van der Waals surface area contributed by atoms with Gasteiger partial charge in [-0.2, -0.15) is 5.10 Å². The van der Waals surface area contributed by atoms with Gasteiger partial charge in [-0.1, -0.05) is 30.3 Å². The highest BCUT2D eigenvalue weighted by atomic mass is 16.3. The molecule has 3 N–H and O–H groups in total. The maximum atomic E-state index is 13.5. The third-order valence-electron chi connectivity index (χ3n) is 6.42. The largest absolute Gasteiger partial charge is 0.508 e. The van der Waals surface area contributed by atoms with Crippen LogP contribution in [0, 0.1) is 6.92 Å². The van der Waals surface area contributed by atoms with Crippen LogP contribution >= 0.6 is 0 Å². The summed E-state index contributed by atoms with van der Waals surface area (Å²) in [5.74, 6) is -0.205. The van der Waals surface area contributed by atoms with Gasteiger partial charge in [0.1, 0.15) is 5.75 Å². The van der Waals surface area contributed by atoms with Crippen LogP contribution < -0.4 is 5.32 Å². The van der Waals surface area contributed by atoms with Gasteiger partial charge in [-0.15, -0.1) is 0 Å². The molecule has 0 aliphatic carbocycles. The summed E-state index contributed by atoms with van der Waals surface area (Å²) in [6.07, 6.45) is 3.00. The molecule has 1 aliphatic heterocycles. The van der Waals surface area contributed by atoms with Crippen LogP contribution in [0.15, 0.2) is 66.9 Å². The molecule has 1 unspecified atom stereocenters. The standard InChI is InChI=1S/C27H26N4O3/c1-17-13-19(15-20(32)14-17)27(34)31-12-10-18-5-2-3-6-21(18)25(31)9-11-28-26(33)22-7-4-8-24-23(22)16-29-30-24/h2-8,13-16,25,32H,9-12H2,1H3,(H,28,33)(H,29,30). The van der Waals surface area contributed by atoms with Gasteiger partial charge in [0.2, 0.25) is 0 Å². The second-order valence-electron chi connectivity index (χ2n) is 8.70. The summed E-state index contributed by atoms with van der Waals surface area (Å²) in [6.45, 7) is 2.85. The molecular formula is C27H26N4O3. The summed E-state index contributed by atoms with van der Waals surface area (Å²) >= 11 is 0. The van der Waals surface area contributed by atoms with Crippen LogP contribution in [-0.4, -0.2) is 45.1 Å². The molecular weight excluding hydrogens is 428 g/mol. The maximum Gasteiger partial charge on any atom is 0.254 e. The minimum atomic E-state index is -0.176. The number of rotatable bonds is 5. The Balaban J connectivity index is 1.37. The van der Waals surface area contributed by atoms with E-state index < -0.39 is 0 Å². The molecule has 3 aromatic carbocycles. The summed E-state index contributed by atoms with van der Waals surface area (Å²) < 4.78 is 0. The van der Waals surface area contributed by atoms with Crippen LogP contribution in [0.1, 0.15) is 49.9 Å². The lowest BCUT2D eigenvalue weighted by atomic mass is 9.90. The Morgan fingerprint density at radius 3 is 2.85 bits per heavy atom. The average Bonchev–Trinajstić information content (AvgIpc) is 3.32. The molecule has 7 nitrogen and oxygen atoms in total. The van der Waals surface area contributed by atoms with Gasteiger partial charge in [0.15, 0.2) is 0 Å². The second kappa shape index (κ2) is 9.02. The van der Waals surface area contributed by atoms with Gasteiger partial charge in [0.25, 0.3) is 11.8 Å². The van der Waals surface area contributed by atoms with Gasteiger partial charge in [-0.05, 0) is 66.8 Å². The number of carbonyl (C=O) groups excluding carboxylic acids is 2. The molecule has 5 rings (SSSR count). The fraction of sp³-hybridized carbons (Fsp3) is 0.222. The first kappa shape index (κ1) is 21.7. The van der Waals surface area contributed by atoms with E-state index in [1.54, 1.807) is 24.4 Å². The van der Waals surface area contributed by atoms with Crippen molar-refractivity contribution in [2.45, 2.75) is 25.8 Å². The number of benzene rings is 3. The van der Waals surface area contributed by atoms with E-state index >= 15 is 0 Å². The van der Waals surface area contributed by atoms with Crippen molar-refractivity contribution in [2.75, 3.05) is 13.1 Å². The zero-order valence-electron chi connectivity index (χ0n) is 18.9. The molecule has 0 bridgehead atoms. The Hall–Kier alpha value is -4.13. The number of hydrogen-bond acceptors (Lipinski definition) is 4. The Labute approximate surface area is 197 Å². The first-order valence-corrected chi connectivity index (χ1v) is 11.4. The first-order chi connectivity index (χ1) is 16.5. The van der Waals surface area contributed by atoms with E-state index in [4.69, 9.17) is 0 Å². The van der Waals surface area contributed by atoms with Crippen LogP contribution in [0.25, 0.3) is 10.9 Å². The lowest BCUT2D eigenvalue weighted by Gasteiger charge is -2.37. The van der Waals surface area contributed by atoms with Crippen molar-refractivity contribution in [3.63, 3.8) is 0 Å². The van der Waals surface area contributed by atoms with Crippen molar-refractivity contribution in [1.82, 2.24) is 20.4 Å². The Morgan fingerprint density at radius 2 is 2.00 bits per heavy atom. The van der Waals surface area contributed by atoms with Crippen molar-refractivity contribution >= 4 is 22.7 Å². The summed E-state index contributed by atoms with van der Waals surface area (Å²) in [4.78, 5) is 28.2. The third-order valence-corrected chi connectivity index (χ3v) is 6.42. The van der Waals surface area contributed by atoms with Crippen molar-refractivity contribution in [3.8, 4) is 5.75 Å². The highest BCUT2D eigenvalue weighted by Crippen LogP contribution is 2.33. The molecule has 1 aliphatic rings. The van der Waals surface area contributed by atoms with Crippen LogP contribution in [0.2, 0.25) is 0 Å². The maximum absolute atomic E-state index is 13.5. The number of nitrogens with one attached hydrogen (secondary N) is 2. The topological polar surface area (TPSA) is 98.3 Å². The highest BCUT2D eigenvalue weighted by molar-refractivity contribution is 6.06. The molecule has 0 radical (unpaired) electrons. The molecule has 4 aromatic rings. The van der Waals surface area contributed by atoms with Crippen LogP contribution in [-0.2, 0) is 6.42 Å². The molecule has 34 heavy (non-hydrogen) atoms. The molecule has 7 heteroatoms. The number of phenols is 1. The predicted octanol–water partition coefficient (Wildman–Crippen LogP) is 4.14. The monoisotopic (exact) mass is 454 g/mol. The molecule has 2 amide bonds. The van der Waals surface area contributed by atoms with Gasteiger partial charge in [-0.25, -0.2) is 0 Å². The zero-order chi connectivity index (χ0) is 23.7. The van der Waals surface area contributed by atoms with Gasteiger partial charge < -0.3 is 15.3 Å². The number of nitrogens with zero attached hydrogens (tertiary/aromatic N) is 2. The number of aromatic amines is 1. The normalized spacial score (nSPS) is 15.2. The van der Waals surface area contributed by atoms with Crippen LogP contribution in [0.3, 0.4) is 0 Å². The number of H-pyrrole nitrogens is 1. The molecule has 0 saturated carbocycles. The SMILES string of the molecule is Cc1cc(O)cc(C(=O)N2CCc3ccccc3C2CCNC(=O)c2cccc3[nH]ncc23)c1. The molecule has 1 aromatic heterocycles. The summed E-state index contributed by atoms with van der Waals surface area (Å²) in [7, 11) is 0. The predicted molar refractivity (Wildman–Crippen MR) is 130 cm³/mol. The molecule has 172 valence electrons. The summed E-state index contributed by atoms with van der Waals surface area (Å²) in [6, 6.07) is 18.4. The number of phenolic OH excluding ortho intramolecular Hbond substituents is 1. The minimum absolute atomic E-state index is 0.0815. The Kier molecular flexibility index (Phi) is 5.76. The van der Waals surface area contributed by atoms with E-state index in [-0.39, 0.29) is 23.6 Å². The van der Waals surface area contributed by atoms with Crippen molar-refractivity contribution in [1.29, 1.82) is 0 Å². The number of amides is 2. The lowest BCUT2D eigenvalue weighted by molar-refractivity contribution is 0.0649. The van der Waals surface area contributed by atoms with Crippen molar-refractivity contribution in [3.05, 3.63) is 94.7 Å². The quantitative estimate of drug-likeness (QED) is 0.422. The van der Waals surface area contributed by atoms with Crippen LogP contribution in [0.4, 0.5) is 0 Å². The van der Waals surface area contributed by atoms with E-state index in [0.29, 0.717) is 30.6 Å². The van der Waals surface area contributed by atoms with Crippen molar-refractivity contribution < 1.29 is 14.7 Å². The average molecular weight is 455 g/mol. The molecule has 2 heterocycles. The van der Waals surface area contributed by atoms with Gasteiger partial charge in [-0.3, -0.25) is 14.7 Å². The first-order valence-electron chi connectivity index (χ1n) is 11.4. The van der Waals surface area contributed by atoms with Gasteiger partial charge in [0.05, 0.1) is 23.3 Å². The number of carbonyl (C=O) groups is 2. The van der Waals surface area contributed by atoms with E-state index in [9.17, 15) is 14.7 Å². The van der Waals surface area contributed by atoms with E-state index in [1.165, 1.54) is 11.6 Å². The minimum Gasteiger partial charge on any atom is -0.508 e. The van der Waals surface area contributed by atoms with Crippen molar-refractivity contribution in [2.24, 2.45) is 0 Å². The van der Waals surface area contributed by atoms with Crippen LogP contribution in [0.5, 0.6) is 5.75 Å². The number of aromatic nitrogens is 2. The third kappa shape index (κ3) is 4.12. The number of hydrogen-bond donors (Lipinski definition) is 3. The summed E-state index contributed by atoms with van der Waals surface area (Å²) in [5.41, 5.74) is 5.00.